The van der Waals surface area contributed by atoms with Gasteiger partial charge < -0.3 is 15.7 Å². The molecule has 2 atom stereocenters. The number of likely N-dealkylation sites (tertiary alicyclic amines) is 1. The van der Waals surface area contributed by atoms with Gasteiger partial charge in [0.1, 0.15) is 11.4 Å². The summed E-state index contributed by atoms with van der Waals surface area (Å²) in [6.45, 7) is 2.36. The topological polar surface area (TPSA) is 90.8 Å². The monoisotopic (exact) mass is 403 g/mol. The molecule has 0 spiro atoms. The zero-order valence-corrected chi connectivity index (χ0v) is 16.7. The Morgan fingerprint density at radius 2 is 1.90 bits per heavy atom. The Bertz CT molecular complexity index is 1310. The van der Waals surface area contributed by atoms with E-state index in [1.807, 2.05) is 11.4 Å². The first-order valence-electron chi connectivity index (χ1n) is 10.3. The Morgan fingerprint density at radius 1 is 1.10 bits per heavy atom. The van der Waals surface area contributed by atoms with E-state index in [9.17, 15) is 4.79 Å². The van der Waals surface area contributed by atoms with Crippen molar-refractivity contribution in [3.8, 4) is 11.4 Å². The quantitative estimate of drug-likeness (QED) is 0.475. The molecule has 0 amide bonds. The van der Waals surface area contributed by atoms with E-state index in [1.54, 1.807) is 0 Å². The lowest BCUT2D eigenvalue weighted by atomic mass is 9.96. The van der Waals surface area contributed by atoms with Gasteiger partial charge in [-0.1, -0.05) is 0 Å². The predicted molar refractivity (Wildman–Crippen MR) is 117 cm³/mol. The van der Waals surface area contributed by atoms with Gasteiger partial charge in [-0.25, -0.2) is 4.98 Å². The van der Waals surface area contributed by atoms with Gasteiger partial charge >= 0.3 is 0 Å². The van der Waals surface area contributed by atoms with Crippen LogP contribution in [-0.2, 0) is 0 Å². The number of hydrogen-bond donors (Lipinski definition) is 3. The number of rotatable bonds is 2. The van der Waals surface area contributed by atoms with E-state index < -0.39 is 0 Å². The smallest absolute Gasteiger partial charge is 0.261 e. The molecule has 1 saturated heterocycles. The molecular formula is C22H21N5OS. The first kappa shape index (κ1) is 16.2. The van der Waals surface area contributed by atoms with Crippen molar-refractivity contribution >= 4 is 38.3 Å². The molecule has 2 aliphatic carbocycles. The zero-order valence-electron chi connectivity index (χ0n) is 15.9. The van der Waals surface area contributed by atoms with E-state index >= 15 is 0 Å². The van der Waals surface area contributed by atoms with Crippen LogP contribution in [0.4, 0.5) is 5.69 Å². The molecule has 2 unspecified atom stereocenters. The summed E-state index contributed by atoms with van der Waals surface area (Å²) in [5.41, 5.74) is 12.7. The molecule has 1 aliphatic heterocycles. The van der Waals surface area contributed by atoms with Crippen LogP contribution in [0.2, 0.25) is 0 Å². The van der Waals surface area contributed by atoms with Crippen LogP contribution in [0.5, 0.6) is 0 Å². The fourth-order valence-electron chi connectivity index (χ4n) is 5.51. The molecule has 0 radical (unpaired) electrons. The second-order valence-corrected chi connectivity index (χ2v) is 9.72. The van der Waals surface area contributed by atoms with Crippen LogP contribution in [-0.4, -0.2) is 39.0 Å². The Balaban J connectivity index is 1.36. The van der Waals surface area contributed by atoms with Gasteiger partial charge in [0.15, 0.2) is 0 Å². The van der Waals surface area contributed by atoms with E-state index in [-0.39, 0.29) is 5.56 Å². The minimum absolute atomic E-state index is 0.197. The van der Waals surface area contributed by atoms with E-state index in [0.29, 0.717) is 28.9 Å². The summed E-state index contributed by atoms with van der Waals surface area (Å²) in [5, 5.41) is 1.94. The molecule has 7 heteroatoms. The molecule has 146 valence electrons. The number of nitrogens with zero attached hydrogens (tertiary/aromatic N) is 2. The van der Waals surface area contributed by atoms with Gasteiger partial charge in [-0.2, -0.15) is 0 Å². The molecule has 1 saturated carbocycles. The lowest BCUT2D eigenvalue weighted by Crippen LogP contribution is -2.36. The Labute approximate surface area is 170 Å². The highest BCUT2D eigenvalue weighted by atomic mass is 32.1. The van der Waals surface area contributed by atoms with Gasteiger partial charge in [-0.3, -0.25) is 9.69 Å². The van der Waals surface area contributed by atoms with Crippen LogP contribution >= 0.6 is 11.3 Å². The van der Waals surface area contributed by atoms with E-state index in [0.717, 1.165) is 27.3 Å². The number of aromatic nitrogens is 3. The number of H-pyrrole nitrogens is 2. The van der Waals surface area contributed by atoms with Crippen molar-refractivity contribution < 1.29 is 0 Å². The zero-order chi connectivity index (χ0) is 19.3. The van der Waals surface area contributed by atoms with Crippen LogP contribution in [0.1, 0.15) is 42.2 Å². The number of pyridine rings is 1. The fraction of sp³-hybridized carbons (Fsp3) is 0.364. The van der Waals surface area contributed by atoms with Gasteiger partial charge in [-0.05, 0) is 65.8 Å². The van der Waals surface area contributed by atoms with Crippen molar-refractivity contribution in [3.05, 3.63) is 45.1 Å². The Hall–Kier alpha value is -2.64. The largest absolute Gasteiger partial charge is 0.397 e. The summed E-state index contributed by atoms with van der Waals surface area (Å²) in [6, 6.07) is 7.23. The minimum atomic E-state index is -0.197. The number of piperidine rings is 1. The van der Waals surface area contributed by atoms with Crippen LogP contribution in [0, 0.1) is 0 Å². The summed E-state index contributed by atoms with van der Waals surface area (Å²) < 4.78 is 0.900. The summed E-state index contributed by atoms with van der Waals surface area (Å²) in [5.74, 6) is 1.80. The highest BCUT2D eigenvalue weighted by molar-refractivity contribution is 7.17. The van der Waals surface area contributed by atoms with Crippen molar-refractivity contribution in [1.82, 2.24) is 19.9 Å². The van der Waals surface area contributed by atoms with Gasteiger partial charge in [-0.15, -0.1) is 11.3 Å². The van der Waals surface area contributed by atoms with Crippen molar-refractivity contribution in [2.24, 2.45) is 0 Å². The highest BCUT2D eigenvalue weighted by Gasteiger charge is 2.42. The number of thiophene rings is 1. The third-order valence-electron chi connectivity index (χ3n) is 7.00. The fourth-order valence-corrected chi connectivity index (χ4v) is 6.32. The SMILES string of the molecule is Nc1c(-c2nc3cc4c(cc3[nH]2)C2CC4CN(C3CC3)C2)c(=O)[nH]c2ccsc12. The number of fused-ring (bicyclic) bond motifs is 7. The molecule has 7 rings (SSSR count). The summed E-state index contributed by atoms with van der Waals surface area (Å²) in [7, 11) is 0. The van der Waals surface area contributed by atoms with Gasteiger partial charge in [0, 0.05) is 19.1 Å². The minimum Gasteiger partial charge on any atom is -0.397 e. The molecular weight excluding hydrogens is 382 g/mol. The first-order chi connectivity index (χ1) is 14.2. The molecule has 4 heterocycles. The van der Waals surface area contributed by atoms with E-state index in [4.69, 9.17) is 10.7 Å². The van der Waals surface area contributed by atoms with Gasteiger partial charge in [0.25, 0.3) is 5.56 Å². The molecule has 3 aliphatic rings. The number of aromatic amines is 2. The maximum Gasteiger partial charge on any atom is 0.261 e. The predicted octanol–water partition coefficient (Wildman–Crippen LogP) is 3.76. The summed E-state index contributed by atoms with van der Waals surface area (Å²) >= 11 is 1.53. The van der Waals surface area contributed by atoms with Crippen molar-refractivity contribution in [1.29, 1.82) is 0 Å². The van der Waals surface area contributed by atoms with E-state index in [1.165, 1.54) is 54.8 Å². The molecule has 29 heavy (non-hydrogen) atoms. The molecule has 3 aromatic heterocycles. The lowest BCUT2D eigenvalue weighted by Gasteiger charge is -2.32. The van der Waals surface area contributed by atoms with E-state index in [2.05, 4.69) is 27.0 Å². The summed E-state index contributed by atoms with van der Waals surface area (Å²) in [6.07, 6.45) is 4.00. The Morgan fingerprint density at radius 3 is 2.69 bits per heavy atom. The Kier molecular flexibility index (Phi) is 3.06. The van der Waals surface area contributed by atoms with Crippen LogP contribution < -0.4 is 11.3 Å². The number of nitrogen functional groups attached to an aromatic ring is 1. The first-order valence-corrected chi connectivity index (χ1v) is 11.2. The number of benzene rings is 1. The third-order valence-corrected chi connectivity index (χ3v) is 7.95. The second-order valence-electron chi connectivity index (χ2n) is 8.80. The number of nitrogens with one attached hydrogen (secondary N) is 2. The molecule has 6 nitrogen and oxygen atoms in total. The van der Waals surface area contributed by atoms with Crippen molar-refractivity contribution in [3.63, 3.8) is 0 Å². The van der Waals surface area contributed by atoms with Crippen LogP contribution in [0.15, 0.2) is 28.4 Å². The summed E-state index contributed by atoms with van der Waals surface area (Å²) in [4.78, 5) is 26.5. The number of anilines is 1. The van der Waals surface area contributed by atoms with Crippen molar-refractivity contribution in [2.45, 2.75) is 37.1 Å². The van der Waals surface area contributed by atoms with Gasteiger partial charge in [0.05, 0.1) is 26.9 Å². The van der Waals surface area contributed by atoms with Crippen molar-refractivity contribution in [2.75, 3.05) is 18.8 Å². The lowest BCUT2D eigenvalue weighted by molar-refractivity contribution is 0.194. The molecule has 4 N–H and O–H groups in total. The average molecular weight is 404 g/mol. The standard InChI is InChI=1S/C22H21N5OS/c23-19-18(22(28)26-15-3-4-29-20(15)19)21-24-16-6-13-10-5-11(14(13)7-17(16)25-21)9-27(8-10)12-1-2-12/h3-4,6-7,10-12H,1-2,5,8-9H2,(H,24,25)(H3,23,26,28). The maximum atomic E-state index is 12.7. The molecule has 2 bridgehead atoms. The second kappa shape index (κ2) is 5.49. The third kappa shape index (κ3) is 2.25. The normalized spacial score (nSPS) is 23.9. The molecule has 4 aromatic rings. The van der Waals surface area contributed by atoms with Crippen LogP contribution in [0.3, 0.4) is 0 Å². The van der Waals surface area contributed by atoms with Crippen LogP contribution in [0.25, 0.3) is 32.6 Å². The molecule has 1 aromatic carbocycles. The number of nitrogens with two attached hydrogens (primary N) is 1. The number of hydrogen-bond acceptors (Lipinski definition) is 5. The highest BCUT2D eigenvalue weighted by Crippen LogP contribution is 2.49. The average Bonchev–Trinajstić information content (AvgIpc) is 3.24. The number of imidazole rings is 1. The molecule has 2 fully saturated rings. The van der Waals surface area contributed by atoms with Gasteiger partial charge in [0.2, 0.25) is 0 Å². The maximum absolute atomic E-state index is 12.7.